The van der Waals surface area contributed by atoms with E-state index in [1.54, 1.807) is 0 Å². The predicted octanol–water partition coefficient (Wildman–Crippen LogP) is 2.09. The van der Waals surface area contributed by atoms with Gasteiger partial charge in [-0.25, -0.2) is 9.97 Å². The van der Waals surface area contributed by atoms with Crippen LogP contribution in [0.25, 0.3) is 11.4 Å². The second-order valence-corrected chi connectivity index (χ2v) is 7.43. The number of morpholine rings is 1. The first kappa shape index (κ1) is 18.8. The zero-order valence-electron chi connectivity index (χ0n) is 16.3. The Morgan fingerprint density at radius 2 is 1.96 bits per heavy atom. The van der Waals surface area contributed by atoms with Gasteiger partial charge in [-0.2, -0.15) is 0 Å². The molecule has 1 aromatic heterocycles. The molecule has 28 heavy (non-hydrogen) atoms. The molecule has 2 aliphatic rings. The normalized spacial score (nSPS) is 17.3. The maximum atomic E-state index is 12.1. The lowest BCUT2D eigenvalue weighted by molar-refractivity contribution is 0.0398. The van der Waals surface area contributed by atoms with Gasteiger partial charge in [-0.15, -0.1) is 0 Å². The van der Waals surface area contributed by atoms with Gasteiger partial charge in [0.2, 0.25) is 0 Å². The Morgan fingerprint density at radius 3 is 2.68 bits per heavy atom. The van der Waals surface area contributed by atoms with Crippen LogP contribution in [0.2, 0.25) is 0 Å². The highest BCUT2D eigenvalue weighted by Gasteiger charge is 2.23. The Kier molecular flexibility index (Phi) is 5.83. The molecule has 0 atom stereocenters. The third kappa shape index (κ3) is 4.85. The van der Waals surface area contributed by atoms with Gasteiger partial charge >= 0.3 is 0 Å². The maximum Gasteiger partial charge on any atom is 0.251 e. The van der Waals surface area contributed by atoms with Crippen molar-refractivity contribution in [2.75, 3.05) is 44.7 Å². The van der Waals surface area contributed by atoms with E-state index >= 15 is 0 Å². The summed E-state index contributed by atoms with van der Waals surface area (Å²) in [5.74, 6) is 1.51. The van der Waals surface area contributed by atoms with Crippen LogP contribution in [-0.2, 0) is 4.74 Å². The van der Waals surface area contributed by atoms with E-state index in [2.05, 4.69) is 20.5 Å². The molecule has 1 saturated heterocycles. The number of aromatic nitrogens is 2. The number of amides is 1. The molecule has 1 aliphatic carbocycles. The zero-order valence-corrected chi connectivity index (χ0v) is 16.3. The molecule has 0 radical (unpaired) electrons. The van der Waals surface area contributed by atoms with Crippen LogP contribution >= 0.6 is 0 Å². The molecule has 2 aromatic rings. The van der Waals surface area contributed by atoms with Gasteiger partial charge in [-0.1, -0.05) is 12.1 Å². The molecule has 1 amide bonds. The highest BCUT2D eigenvalue weighted by Crippen LogP contribution is 2.21. The van der Waals surface area contributed by atoms with E-state index in [1.165, 1.54) is 0 Å². The second kappa shape index (κ2) is 8.67. The Morgan fingerprint density at radius 1 is 1.21 bits per heavy atom. The first-order valence-electron chi connectivity index (χ1n) is 9.98. The minimum atomic E-state index is -0.00987. The molecule has 148 valence electrons. The summed E-state index contributed by atoms with van der Waals surface area (Å²) in [5.41, 5.74) is 2.59. The number of hydrogen-bond donors (Lipinski definition) is 2. The van der Waals surface area contributed by atoms with Crippen molar-refractivity contribution in [3.63, 3.8) is 0 Å². The van der Waals surface area contributed by atoms with Crippen LogP contribution in [0.4, 0.5) is 5.82 Å². The lowest BCUT2D eigenvalue weighted by Gasteiger charge is -2.26. The largest absolute Gasteiger partial charge is 0.379 e. The van der Waals surface area contributed by atoms with E-state index in [0.717, 1.165) is 69.2 Å². The third-order valence-electron chi connectivity index (χ3n) is 5.11. The van der Waals surface area contributed by atoms with E-state index in [1.807, 2.05) is 37.4 Å². The number of carbonyl (C=O) groups excluding carboxylic acids is 1. The van der Waals surface area contributed by atoms with Crippen LogP contribution in [0, 0.1) is 6.92 Å². The van der Waals surface area contributed by atoms with Crippen LogP contribution in [-0.4, -0.2) is 66.2 Å². The van der Waals surface area contributed by atoms with Gasteiger partial charge in [0.1, 0.15) is 5.82 Å². The predicted molar refractivity (Wildman–Crippen MR) is 108 cm³/mol. The summed E-state index contributed by atoms with van der Waals surface area (Å²) in [7, 11) is 0. The van der Waals surface area contributed by atoms with Crippen molar-refractivity contribution in [1.82, 2.24) is 20.2 Å². The minimum absolute atomic E-state index is 0.00987. The quantitative estimate of drug-likeness (QED) is 0.765. The maximum absolute atomic E-state index is 12.1. The van der Waals surface area contributed by atoms with Gasteiger partial charge in [0.05, 0.1) is 13.2 Å². The monoisotopic (exact) mass is 381 g/mol. The number of anilines is 1. The number of nitrogens with zero attached hydrogens (tertiary/aromatic N) is 3. The highest BCUT2D eigenvalue weighted by molar-refractivity contribution is 5.95. The van der Waals surface area contributed by atoms with E-state index in [9.17, 15) is 4.79 Å². The lowest BCUT2D eigenvalue weighted by Crippen LogP contribution is -2.39. The van der Waals surface area contributed by atoms with Crippen LogP contribution in [0.15, 0.2) is 30.5 Å². The Labute approximate surface area is 165 Å². The van der Waals surface area contributed by atoms with E-state index in [-0.39, 0.29) is 5.91 Å². The van der Waals surface area contributed by atoms with Crippen LogP contribution in [0.1, 0.15) is 28.8 Å². The van der Waals surface area contributed by atoms with E-state index in [4.69, 9.17) is 9.72 Å². The van der Waals surface area contributed by atoms with E-state index in [0.29, 0.717) is 17.4 Å². The first-order chi connectivity index (χ1) is 13.7. The summed E-state index contributed by atoms with van der Waals surface area (Å²) in [5, 5.41) is 6.43. The first-order valence-corrected chi connectivity index (χ1v) is 9.98. The van der Waals surface area contributed by atoms with Crippen LogP contribution in [0.3, 0.4) is 0 Å². The van der Waals surface area contributed by atoms with Crippen molar-refractivity contribution < 1.29 is 9.53 Å². The number of rotatable bonds is 7. The molecule has 1 aliphatic heterocycles. The fraction of sp³-hybridized carbons (Fsp3) is 0.476. The molecule has 0 spiro atoms. The molecular weight excluding hydrogens is 354 g/mol. The molecule has 0 unspecified atom stereocenters. The Balaban J connectivity index is 1.38. The van der Waals surface area contributed by atoms with Crippen molar-refractivity contribution in [2.24, 2.45) is 0 Å². The number of hydrogen-bond acceptors (Lipinski definition) is 6. The van der Waals surface area contributed by atoms with Crippen molar-refractivity contribution in [2.45, 2.75) is 25.8 Å². The van der Waals surface area contributed by atoms with Crippen molar-refractivity contribution in [1.29, 1.82) is 0 Å². The fourth-order valence-corrected chi connectivity index (χ4v) is 3.18. The molecule has 1 saturated carbocycles. The van der Waals surface area contributed by atoms with E-state index < -0.39 is 0 Å². The fourth-order valence-electron chi connectivity index (χ4n) is 3.18. The van der Waals surface area contributed by atoms with Crippen molar-refractivity contribution in [3.8, 4) is 11.4 Å². The SMILES string of the molecule is Cc1cnc(-c2ccc(C(=O)NC3CC3)cc2)nc1NCCN1CCOCC1. The Bertz CT molecular complexity index is 814. The third-order valence-corrected chi connectivity index (χ3v) is 5.11. The number of aryl methyl sites for hydroxylation is 1. The number of ether oxygens (including phenoxy) is 1. The van der Waals surface area contributed by atoms with Crippen LogP contribution in [0.5, 0.6) is 0 Å². The van der Waals surface area contributed by atoms with Crippen molar-refractivity contribution in [3.05, 3.63) is 41.6 Å². The second-order valence-electron chi connectivity index (χ2n) is 7.43. The average molecular weight is 381 g/mol. The van der Waals surface area contributed by atoms with Crippen molar-refractivity contribution >= 4 is 11.7 Å². The molecular formula is C21H27N5O2. The van der Waals surface area contributed by atoms with Gasteiger partial charge < -0.3 is 15.4 Å². The number of carbonyl (C=O) groups is 1. The molecule has 4 rings (SSSR count). The molecule has 2 heterocycles. The highest BCUT2D eigenvalue weighted by atomic mass is 16.5. The zero-order chi connectivity index (χ0) is 19.3. The van der Waals surface area contributed by atoms with Gasteiger partial charge in [-0.3, -0.25) is 9.69 Å². The van der Waals surface area contributed by atoms with Gasteiger partial charge in [0.15, 0.2) is 5.82 Å². The topological polar surface area (TPSA) is 79.4 Å². The number of nitrogens with one attached hydrogen (secondary N) is 2. The summed E-state index contributed by atoms with van der Waals surface area (Å²) >= 11 is 0. The van der Waals surface area contributed by atoms with Gasteiger partial charge in [-0.05, 0) is 31.9 Å². The summed E-state index contributed by atoms with van der Waals surface area (Å²) in [4.78, 5) is 23.7. The van der Waals surface area contributed by atoms with Gasteiger partial charge in [0.25, 0.3) is 5.91 Å². The molecule has 1 aromatic carbocycles. The smallest absolute Gasteiger partial charge is 0.251 e. The molecule has 2 N–H and O–H groups in total. The summed E-state index contributed by atoms with van der Waals surface area (Å²) in [6.07, 6.45) is 4.01. The summed E-state index contributed by atoms with van der Waals surface area (Å²) < 4.78 is 5.39. The molecule has 7 heteroatoms. The number of benzene rings is 1. The lowest BCUT2D eigenvalue weighted by atomic mass is 10.1. The average Bonchev–Trinajstić information content (AvgIpc) is 3.54. The summed E-state index contributed by atoms with van der Waals surface area (Å²) in [6, 6.07) is 7.84. The Hall–Kier alpha value is -2.51. The molecule has 7 nitrogen and oxygen atoms in total. The standard InChI is InChI=1S/C21H27N5O2/c1-15-14-23-20(25-19(15)22-8-9-26-10-12-28-13-11-26)16-2-4-17(5-3-16)21(27)24-18-6-7-18/h2-5,14,18H,6-13H2,1H3,(H,24,27)(H,22,23,25). The molecule has 2 fully saturated rings. The summed E-state index contributed by atoms with van der Waals surface area (Å²) in [6.45, 7) is 7.39. The van der Waals surface area contributed by atoms with Gasteiger partial charge in [0, 0.05) is 55.1 Å². The molecule has 0 bridgehead atoms. The minimum Gasteiger partial charge on any atom is -0.379 e. The van der Waals surface area contributed by atoms with Crippen LogP contribution < -0.4 is 10.6 Å².